The molecule has 0 aliphatic heterocycles. The quantitative estimate of drug-likeness (QED) is 0.352. The molecule has 0 fully saturated rings. The van der Waals surface area contributed by atoms with E-state index >= 15 is 0 Å². The lowest BCUT2D eigenvalue weighted by atomic mass is 10.4. The molecule has 0 heterocycles. The van der Waals surface area contributed by atoms with Crippen LogP contribution >= 0.6 is 0 Å². The highest BCUT2D eigenvalue weighted by atomic mass is 16.4. The molecule has 0 aliphatic rings. The van der Waals surface area contributed by atoms with E-state index in [0.29, 0.717) is 19.5 Å². The molecular weight excluding hydrogens is 174 g/mol. The summed E-state index contributed by atoms with van der Waals surface area (Å²) in [7, 11) is 0. The predicted molar refractivity (Wildman–Crippen MR) is 47.1 cm³/mol. The van der Waals surface area contributed by atoms with Gasteiger partial charge in [-0.05, 0) is 0 Å². The molecule has 0 amide bonds. The highest BCUT2D eigenvalue weighted by Gasteiger charge is 2.06. The lowest BCUT2D eigenvalue weighted by Gasteiger charge is -1.99. The van der Waals surface area contributed by atoms with E-state index in [1.807, 2.05) is 0 Å². The summed E-state index contributed by atoms with van der Waals surface area (Å²) in [5.74, 6) is -0.861. The van der Waals surface area contributed by atoms with Crippen LogP contribution in [0.5, 0.6) is 0 Å². The van der Waals surface area contributed by atoms with Crippen LogP contribution in [-0.2, 0) is 4.79 Å². The maximum absolute atomic E-state index is 10.2. The zero-order valence-electron chi connectivity index (χ0n) is 7.52. The van der Waals surface area contributed by atoms with Crippen LogP contribution in [-0.4, -0.2) is 58.4 Å². The molecular formula is C8H16NO4+. The average molecular weight is 190 g/mol. The van der Waals surface area contributed by atoms with Gasteiger partial charge in [0.25, 0.3) is 0 Å². The normalized spacial score (nSPS) is 11.7. The molecule has 0 unspecified atom stereocenters. The van der Waals surface area contributed by atoms with E-state index in [9.17, 15) is 4.79 Å². The second-order valence-electron chi connectivity index (χ2n) is 2.60. The number of hydrogen-bond acceptors (Lipinski definition) is 3. The van der Waals surface area contributed by atoms with E-state index in [-0.39, 0.29) is 19.6 Å². The maximum Gasteiger partial charge on any atom is 0.309 e. The van der Waals surface area contributed by atoms with Crippen molar-refractivity contribution in [2.75, 3.05) is 26.3 Å². The van der Waals surface area contributed by atoms with Crippen LogP contribution in [0.1, 0.15) is 12.8 Å². The zero-order valence-corrected chi connectivity index (χ0v) is 7.52. The molecule has 0 aliphatic carbocycles. The highest BCUT2D eigenvalue weighted by molar-refractivity contribution is 5.66. The molecule has 0 spiro atoms. The van der Waals surface area contributed by atoms with Crippen molar-refractivity contribution in [3.8, 4) is 0 Å². The molecule has 5 nitrogen and oxygen atoms in total. The van der Waals surface area contributed by atoms with Crippen molar-refractivity contribution in [2.45, 2.75) is 12.8 Å². The Bertz CT molecular complexity index is 179. The third-order valence-corrected chi connectivity index (χ3v) is 1.52. The molecule has 13 heavy (non-hydrogen) atoms. The monoisotopic (exact) mass is 190 g/mol. The second kappa shape index (κ2) is 7.70. The van der Waals surface area contributed by atoms with Gasteiger partial charge in [0.1, 0.15) is 19.2 Å². The third-order valence-electron chi connectivity index (χ3n) is 1.52. The van der Waals surface area contributed by atoms with Crippen LogP contribution in [0, 0.1) is 0 Å². The molecule has 0 radical (unpaired) electrons. The standard InChI is InChI=1S/C8H15NO4/c10-6-1-3-9(5-7-11)4-2-8(12)13/h3,10-11H,1-2,4-7H2/p+1. The van der Waals surface area contributed by atoms with Crippen molar-refractivity contribution < 1.29 is 24.7 Å². The molecule has 5 heteroatoms. The maximum atomic E-state index is 10.2. The summed E-state index contributed by atoms with van der Waals surface area (Å²) in [5.41, 5.74) is 0. The van der Waals surface area contributed by atoms with Crippen molar-refractivity contribution in [2.24, 2.45) is 0 Å². The van der Waals surface area contributed by atoms with Crippen LogP contribution in [0.3, 0.4) is 0 Å². The number of carboxylic acids is 1. The molecule has 3 N–H and O–H groups in total. The molecule has 0 rings (SSSR count). The van der Waals surface area contributed by atoms with Crippen molar-refractivity contribution >= 4 is 12.2 Å². The van der Waals surface area contributed by atoms with E-state index in [0.717, 1.165) is 0 Å². The SMILES string of the molecule is O=C(O)CC[N+](=CCCO)CCO. The van der Waals surface area contributed by atoms with Gasteiger partial charge in [0.2, 0.25) is 0 Å². The number of carboxylic acid groups (broad SMARTS) is 1. The van der Waals surface area contributed by atoms with Gasteiger partial charge in [0.05, 0.1) is 6.61 Å². The van der Waals surface area contributed by atoms with Gasteiger partial charge in [0, 0.05) is 6.42 Å². The molecule has 0 bridgehead atoms. The first kappa shape index (κ1) is 12.1. The highest BCUT2D eigenvalue weighted by Crippen LogP contribution is 1.83. The van der Waals surface area contributed by atoms with E-state index in [4.69, 9.17) is 15.3 Å². The van der Waals surface area contributed by atoms with Crippen LogP contribution in [0.2, 0.25) is 0 Å². The molecule has 0 aromatic heterocycles. The predicted octanol–water partition coefficient (Wildman–Crippen LogP) is -1.08. The molecule has 0 atom stereocenters. The van der Waals surface area contributed by atoms with Gasteiger partial charge in [-0.3, -0.25) is 4.79 Å². The Hall–Kier alpha value is -0.940. The molecule has 0 aromatic carbocycles. The number of hydrogen-bond donors (Lipinski definition) is 3. The smallest absolute Gasteiger partial charge is 0.309 e. The first-order valence-electron chi connectivity index (χ1n) is 4.21. The number of carbonyl (C=O) groups is 1. The van der Waals surface area contributed by atoms with Gasteiger partial charge in [-0.25, -0.2) is 4.58 Å². The zero-order chi connectivity index (χ0) is 10.1. The van der Waals surface area contributed by atoms with Crippen LogP contribution in [0.25, 0.3) is 0 Å². The largest absolute Gasteiger partial charge is 0.481 e. The van der Waals surface area contributed by atoms with Crippen molar-refractivity contribution in [1.29, 1.82) is 0 Å². The Morgan fingerprint density at radius 3 is 2.38 bits per heavy atom. The van der Waals surface area contributed by atoms with Crippen LogP contribution in [0.15, 0.2) is 0 Å². The van der Waals surface area contributed by atoms with Crippen molar-refractivity contribution in [1.82, 2.24) is 0 Å². The molecule has 76 valence electrons. The van der Waals surface area contributed by atoms with E-state index < -0.39 is 5.97 Å². The Kier molecular flexibility index (Phi) is 7.14. The number of aliphatic hydroxyl groups is 2. The van der Waals surface area contributed by atoms with E-state index in [2.05, 4.69) is 0 Å². The summed E-state index contributed by atoms with van der Waals surface area (Å²) < 4.78 is 1.70. The Morgan fingerprint density at radius 2 is 1.92 bits per heavy atom. The number of aliphatic hydroxyl groups excluding tert-OH is 2. The van der Waals surface area contributed by atoms with E-state index in [1.54, 1.807) is 10.8 Å². The van der Waals surface area contributed by atoms with Gasteiger partial charge < -0.3 is 15.3 Å². The fourth-order valence-electron chi connectivity index (χ4n) is 0.902. The summed E-state index contributed by atoms with van der Waals surface area (Å²) in [5, 5.41) is 25.6. The Morgan fingerprint density at radius 1 is 1.23 bits per heavy atom. The van der Waals surface area contributed by atoms with E-state index in [1.165, 1.54) is 0 Å². The molecule has 0 saturated carbocycles. The second-order valence-corrected chi connectivity index (χ2v) is 2.60. The number of rotatable bonds is 7. The topological polar surface area (TPSA) is 80.8 Å². The van der Waals surface area contributed by atoms with Gasteiger partial charge >= 0.3 is 5.97 Å². The summed E-state index contributed by atoms with van der Waals surface area (Å²) in [6.45, 7) is 0.805. The fraction of sp³-hybridized carbons (Fsp3) is 0.750. The van der Waals surface area contributed by atoms with Gasteiger partial charge in [0.15, 0.2) is 13.1 Å². The summed E-state index contributed by atoms with van der Waals surface area (Å²) >= 11 is 0. The van der Waals surface area contributed by atoms with Gasteiger partial charge in [-0.1, -0.05) is 0 Å². The Balaban J connectivity index is 3.85. The lowest BCUT2D eigenvalue weighted by molar-refractivity contribution is -0.525. The van der Waals surface area contributed by atoms with Crippen LogP contribution in [0.4, 0.5) is 0 Å². The minimum absolute atomic E-state index is 0.0124. The minimum atomic E-state index is -0.861. The van der Waals surface area contributed by atoms with Crippen molar-refractivity contribution in [3.63, 3.8) is 0 Å². The molecule has 0 aromatic rings. The summed E-state index contributed by atoms with van der Waals surface area (Å²) in [6, 6.07) is 0. The minimum Gasteiger partial charge on any atom is -0.481 e. The summed E-state index contributed by atoms with van der Waals surface area (Å²) in [4.78, 5) is 10.2. The number of nitrogens with zero attached hydrogens (tertiary/aromatic N) is 1. The van der Waals surface area contributed by atoms with Crippen LogP contribution < -0.4 is 0 Å². The Labute approximate surface area is 76.9 Å². The summed E-state index contributed by atoms with van der Waals surface area (Å²) in [6.07, 6.45) is 2.24. The lowest BCUT2D eigenvalue weighted by Crippen LogP contribution is -2.21. The first-order valence-corrected chi connectivity index (χ1v) is 4.21. The third kappa shape index (κ3) is 7.42. The van der Waals surface area contributed by atoms with Crippen molar-refractivity contribution in [3.05, 3.63) is 0 Å². The van der Waals surface area contributed by atoms with Gasteiger partial charge in [-0.15, -0.1) is 0 Å². The number of aliphatic carboxylic acids is 1. The average Bonchev–Trinajstić information content (AvgIpc) is 2.09. The first-order chi connectivity index (χ1) is 6.20. The molecule has 0 saturated heterocycles. The van der Waals surface area contributed by atoms with Gasteiger partial charge in [-0.2, -0.15) is 0 Å². The fourth-order valence-corrected chi connectivity index (χ4v) is 0.902.